The molecule has 0 saturated heterocycles. The average Bonchev–Trinajstić information content (AvgIpc) is 2.42. The Morgan fingerprint density at radius 1 is 1.33 bits per heavy atom. The lowest BCUT2D eigenvalue weighted by Crippen LogP contribution is -2.35. The fraction of sp³-hybridized carbons (Fsp3) is 0.688. The summed E-state index contributed by atoms with van der Waals surface area (Å²) in [6, 6.07) is 2.07. The quantitative estimate of drug-likeness (QED) is 0.746. The zero-order valence-corrected chi connectivity index (χ0v) is 14.6. The molecule has 21 heavy (non-hydrogen) atoms. The van der Waals surface area contributed by atoms with Crippen LogP contribution in [-0.4, -0.2) is 36.8 Å². The summed E-state index contributed by atoms with van der Waals surface area (Å²) in [6.07, 6.45) is 1.74. The van der Waals surface area contributed by atoms with Crippen molar-refractivity contribution in [1.82, 2.24) is 10.3 Å². The molecule has 0 spiro atoms. The summed E-state index contributed by atoms with van der Waals surface area (Å²) < 4.78 is 5.43. The Balaban J connectivity index is 2.78. The average molecular weight is 314 g/mol. The van der Waals surface area contributed by atoms with Gasteiger partial charge in [-0.05, 0) is 46.2 Å². The van der Waals surface area contributed by atoms with E-state index in [1.807, 2.05) is 6.92 Å². The number of halogens is 1. The summed E-state index contributed by atoms with van der Waals surface area (Å²) in [5, 5.41) is 4.16. The summed E-state index contributed by atoms with van der Waals surface area (Å²) in [4.78, 5) is 6.64. The predicted octanol–water partition coefficient (Wildman–Crippen LogP) is 3.49. The lowest BCUT2D eigenvalue weighted by molar-refractivity contribution is 0.154. The van der Waals surface area contributed by atoms with Crippen molar-refractivity contribution >= 4 is 17.4 Å². The van der Waals surface area contributed by atoms with Crippen molar-refractivity contribution in [2.24, 2.45) is 0 Å². The Kier molecular flexibility index (Phi) is 7.43. The zero-order valence-electron chi connectivity index (χ0n) is 13.9. The number of nitrogens with one attached hydrogen (secondary N) is 1. The smallest absolute Gasteiger partial charge is 0.128 e. The van der Waals surface area contributed by atoms with E-state index in [-0.39, 0.29) is 5.54 Å². The van der Waals surface area contributed by atoms with E-state index in [1.165, 1.54) is 0 Å². The lowest BCUT2D eigenvalue weighted by Gasteiger charge is -2.24. The van der Waals surface area contributed by atoms with Crippen LogP contribution in [-0.2, 0) is 11.3 Å². The van der Waals surface area contributed by atoms with Crippen LogP contribution in [0.5, 0.6) is 0 Å². The van der Waals surface area contributed by atoms with Gasteiger partial charge in [0.15, 0.2) is 0 Å². The number of pyridine rings is 1. The number of aromatic nitrogens is 1. The molecule has 1 rings (SSSR count). The first-order valence-electron chi connectivity index (χ1n) is 7.59. The molecule has 0 unspecified atom stereocenters. The Hall–Kier alpha value is -0.840. The first kappa shape index (κ1) is 18.2. The number of hydrogen-bond acceptors (Lipinski definition) is 4. The minimum absolute atomic E-state index is 0.0617. The van der Waals surface area contributed by atoms with Gasteiger partial charge in [0.1, 0.15) is 5.82 Å². The molecule has 0 amide bonds. The number of anilines is 1. The summed E-state index contributed by atoms with van der Waals surface area (Å²) in [5.41, 5.74) is 1.14. The molecular weight excluding hydrogens is 286 g/mol. The van der Waals surface area contributed by atoms with Gasteiger partial charge in [-0.1, -0.05) is 11.6 Å². The van der Waals surface area contributed by atoms with Gasteiger partial charge in [0.05, 0.1) is 11.6 Å². The first-order chi connectivity index (χ1) is 9.87. The van der Waals surface area contributed by atoms with E-state index in [0.717, 1.165) is 37.6 Å². The molecule has 1 N–H and O–H groups in total. The van der Waals surface area contributed by atoms with Gasteiger partial charge < -0.3 is 15.0 Å². The van der Waals surface area contributed by atoms with E-state index in [9.17, 15) is 0 Å². The van der Waals surface area contributed by atoms with Gasteiger partial charge in [0, 0.05) is 38.0 Å². The predicted molar refractivity (Wildman–Crippen MR) is 90.2 cm³/mol. The van der Waals surface area contributed by atoms with E-state index >= 15 is 0 Å². The van der Waals surface area contributed by atoms with Crippen molar-refractivity contribution in [3.8, 4) is 0 Å². The van der Waals surface area contributed by atoms with Crippen molar-refractivity contribution in [2.75, 3.05) is 31.2 Å². The van der Waals surface area contributed by atoms with Gasteiger partial charge in [0.2, 0.25) is 0 Å². The maximum absolute atomic E-state index is 6.25. The maximum atomic E-state index is 6.25. The molecule has 0 aliphatic heterocycles. The fourth-order valence-corrected chi connectivity index (χ4v) is 2.06. The molecule has 5 heteroatoms. The number of nitrogens with zero attached hydrogens (tertiary/aromatic N) is 2. The van der Waals surface area contributed by atoms with Crippen LogP contribution in [0.2, 0.25) is 5.02 Å². The van der Waals surface area contributed by atoms with Gasteiger partial charge in [0.25, 0.3) is 0 Å². The van der Waals surface area contributed by atoms with Crippen molar-refractivity contribution in [3.05, 3.63) is 22.8 Å². The van der Waals surface area contributed by atoms with Crippen LogP contribution < -0.4 is 10.2 Å². The van der Waals surface area contributed by atoms with E-state index in [4.69, 9.17) is 16.3 Å². The fourth-order valence-electron chi connectivity index (χ4n) is 1.89. The number of likely N-dealkylation sites (N-methyl/N-ethyl adjacent to an activating group) is 1. The van der Waals surface area contributed by atoms with Crippen molar-refractivity contribution in [2.45, 2.75) is 46.7 Å². The molecule has 1 heterocycles. The normalized spacial score (nSPS) is 11.7. The molecular formula is C16H28ClN3O. The zero-order chi connectivity index (χ0) is 15.9. The van der Waals surface area contributed by atoms with Gasteiger partial charge in [-0.2, -0.15) is 0 Å². The van der Waals surface area contributed by atoms with Crippen molar-refractivity contribution in [1.29, 1.82) is 0 Å². The highest BCUT2D eigenvalue weighted by atomic mass is 35.5. The molecule has 1 aromatic heterocycles. The van der Waals surface area contributed by atoms with Crippen molar-refractivity contribution < 1.29 is 4.74 Å². The molecule has 0 aliphatic carbocycles. The Bertz CT molecular complexity index is 432. The van der Waals surface area contributed by atoms with Gasteiger partial charge in [-0.25, -0.2) is 4.98 Å². The molecule has 0 fully saturated rings. The highest BCUT2D eigenvalue weighted by Gasteiger charge is 2.13. The van der Waals surface area contributed by atoms with Gasteiger partial charge >= 0.3 is 0 Å². The van der Waals surface area contributed by atoms with Crippen LogP contribution in [0, 0.1) is 0 Å². The van der Waals surface area contributed by atoms with Gasteiger partial charge in [-0.15, -0.1) is 0 Å². The van der Waals surface area contributed by atoms with E-state index < -0.39 is 0 Å². The molecule has 0 aliphatic rings. The topological polar surface area (TPSA) is 37.4 Å². The summed E-state index contributed by atoms with van der Waals surface area (Å²) in [5.74, 6) is 0.951. The second kappa shape index (κ2) is 8.57. The third kappa shape index (κ3) is 6.64. The van der Waals surface area contributed by atoms with E-state index in [2.05, 4.69) is 49.0 Å². The third-order valence-electron chi connectivity index (χ3n) is 3.14. The molecule has 0 atom stereocenters. The number of hydrogen-bond donors (Lipinski definition) is 1. The minimum atomic E-state index is 0.0617. The largest absolute Gasteiger partial charge is 0.380 e. The Morgan fingerprint density at radius 3 is 2.62 bits per heavy atom. The second-order valence-electron chi connectivity index (χ2n) is 6.01. The Labute approximate surface area is 133 Å². The highest BCUT2D eigenvalue weighted by Crippen LogP contribution is 2.21. The number of ether oxygens (including phenoxy) is 1. The van der Waals surface area contributed by atoms with E-state index in [0.29, 0.717) is 11.6 Å². The number of rotatable bonds is 8. The van der Waals surface area contributed by atoms with Crippen LogP contribution in [0.1, 0.15) is 40.2 Å². The monoisotopic (exact) mass is 313 g/mol. The first-order valence-corrected chi connectivity index (χ1v) is 7.97. The van der Waals surface area contributed by atoms with Gasteiger partial charge in [-0.3, -0.25) is 0 Å². The highest BCUT2D eigenvalue weighted by molar-refractivity contribution is 6.31. The molecule has 0 aromatic carbocycles. The van der Waals surface area contributed by atoms with Crippen LogP contribution in [0.15, 0.2) is 12.3 Å². The minimum Gasteiger partial charge on any atom is -0.380 e. The standard InChI is InChI=1S/C16H28ClN3O/c1-6-20(8-9-21-7-2)15-10-13(14(17)12-18-15)11-19-16(3,4)5/h10,12,19H,6-9,11H2,1-5H3. The summed E-state index contributed by atoms with van der Waals surface area (Å²) >= 11 is 6.25. The van der Waals surface area contributed by atoms with Crippen LogP contribution in [0.25, 0.3) is 0 Å². The van der Waals surface area contributed by atoms with Crippen LogP contribution in [0.4, 0.5) is 5.82 Å². The summed E-state index contributed by atoms with van der Waals surface area (Å²) in [7, 11) is 0. The molecule has 0 bridgehead atoms. The molecule has 0 saturated carbocycles. The Morgan fingerprint density at radius 2 is 2.05 bits per heavy atom. The van der Waals surface area contributed by atoms with Crippen LogP contribution >= 0.6 is 11.6 Å². The molecule has 120 valence electrons. The molecule has 1 aromatic rings. The summed E-state index contributed by atoms with van der Waals surface area (Å²) in [6.45, 7) is 14.5. The second-order valence-corrected chi connectivity index (χ2v) is 6.42. The molecule has 0 radical (unpaired) electrons. The van der Waals surface area contributed by atoms with Crippen molar-refractivity contribution in [3.63, 3.8) is 0 Å². The van der Waals surface area contributed by atoms with Crippen LogP contribution in [0.3, 0.4) is 0 Å². The maximum Gasteiger partial charge on any atom is 0.128 e. The van der Waals surface area contributed by atoms with E-state index in [1.54, 1.807) is 6.20 Å². The lowest BCUT2D eigenvalue weighted by atomic mass is 10.1. The third-order valence-corrected chi connectivity index (χ3v) is 3.49. The SMILES string of the molecule is CCOCCN(CC)c1cc(CNC(C)(C)C)c(Cl)cn1. The molecule has 4 nitrogen and oxygen atoms in total.